The first-order chi connectivity index (χ1) is 19.2. The van der Waals surface area contributed by atoms with E-state index in [1.54, 1.807) is 0 Å². The van der Waals surface area contributed by atoms with Crippen LogP contribution in [0.4, 0.5) is 36.8 Å². The maximum absolute atomic E-state index is 13.8. The van der Waals surface area contributed by atoms with Crippen LogP contribution in [-0.4, -0.2) is 48.3 Å². The van der Waals surface area contributed by atoms with Gasteiger partial charge in [-0.1, -0.05) is 6.07 Å². The molecule has 2 aliphatic rings. The molecular formula is C28H24F6N4O3. The summed E-state index contributed by atoms with van der Waals surface area (Å²) in [5.74, 6) is -0.804. The van der Waals surface area contributed by atoms with Crippen LogP contribution in [-0.2, 0) is 17.1 Å². The highest BCUT2D eigenvalue weighted by atomic mass is 19.4. The molecule has 2 heterocycles. The van der Waals surface area contributed by atoms with E-state index in [1.165, 1.54) is 44.3 Å². The number of hydrogen-bond donors (Lipinski definition) is 0. The predicted molar refractivity (Wildman–Crippen MR) is 137 cm³/mol. The van der Waals surface area contributed by atoms with E-state index in [0.717, 1.165) is 23.1 Å². The van der Waals surface area contributed by atoms with Crippen LogP contribution in [0, 0.1) is 11.3 Å². The first-order valence-corrected chi connectivity index (χ1v) is 12.5. The molecule has 0 aliphatic carbocycles. The zero-order valence-corrected chi connectivity index (χ0v) is 21.9. The fourth-order valence-electron chi connectivity index (χ4n) is 4.69. The summed E-state index contributed by atoms with van der Waals surface area (Å²) in [6.07, 6.45) is -6.03. The average molecular weight is 579 g/mol. The summed E-state index contributed by atoms with van der Waals surface area (Å²) in [5, 5.41) is 9.02. The minimum absolute atomic E-state index is 0.0341. The highest BCUT2D eigenvalue weighted by Gasteiger charge is 2.52. The topological polar surface area (TPSA) is 86.0 Å². The fraction of sp³-hybridized carbons (Fsp3) is 0.357. The van der Waals surface area contributed by atoms with Gasteiger partial charge in [-0.3, -0.25) is 9.79 Å². The maximum atomic E-state index is 13.8. The van der Waals surface area contributed by atoms with Crippen LogP contribution >= 0.6 is 0 Å². The van der Waals surface area contributed by atoms with Gasteiger partial charge in [-0.15, -0.1) is 0 Å². The first-order valence-electron chi connectivity index (χ1n) is 12.5. The molecule has 1 saturated heterocycles. The number of carbonyl (C=O) groups excluding carboxylic acids is 2. The lowest BCUT2D eigenvalue weighted by Crippen LogP contribution is -2.44. The molecule has 2 aliphatic heterocycles. The van der Waals surface area contributed by atoms with Crippen LogP contribution in [0.5, 0.6) is 5.75 Å². The lowest BCUT2D eigenvalue weighted by atomic mass is 9.95. The minimum Gasteiger partial charge on any atom is -0.494 e. The number of allylic oxidation sites excluding steroid dienone is 1. The van der Waals surface area contributed by atoms with Gasteiger partial charge >= 0.3 is 18.4 Å². The lowest BCUT2D eigenvalue weighted by Gasteiger charge is -2.27. The molecule has 41 heavy (non-hydrogen) atoms. The Hall–Kier alpha value is -4.34. The van der Waals surface area contributed by atoms with Crippen LogP contribution in [0.3, 0.4) is 0 Å². The Morgan fingerprint density at radius 2 is 1.73 bits per heavy atom. The molecule has 13 heteroatoms. The van der Waals surface area contributed by atoms with Gasteiger partial charge in [0.25, 0.3) is 5.91 Å². The molecule has 0 aromatic heterocycles. The van der Waals surface area contributed by atoms with Gasteiger partial charge in [-0.05, 0) is 74.2 Å². The third-order valence-corrected chi connectivity index (χ3v) is 6.84. The number of ether oxygens (including phenoxy) is 1. The number of halogens is 6. The van der Waals surface area contributed by atoms with E-state index in [1.807, 2.05) is 0 Å². The molecule has 0 unspecified atom stereocenters. The van der Waals surface area contributed by atoms with Gasteiger partial charge in [0.1, 0.15) is 11.3 Å². The number of rotatable bonds is 7. The van der Waals surface area contributed by atoms with E-state index in [9.17, 15) is 35.9 Å². The second kappa shape index (κ2) is 10.9. The summed E-state index contributed by atoms with van der Waals surface area (Å²) in [5.41, 5.74) is -4.00. The SMILES string of the molecule is CC1(C)C(=O)N(c2ccc(C#N)c(C(F)(F)F)c2)C(=O)N1CCCOc1ccc(C2=CC=NCC2)c(C(F)(F)F)c1. The van der Waals surface area contributed by atoms with Gasteiger partial charge in [-0.2, -0.15) is 31.6 Å². The number of amides is 3. The molecule has 0 atom stereocenters. The molecular weight excluding hydrogens is 554 g/mol. The van der Waals surface area contributed by atoms with Crippen LogP contribution in [0.25, 0.3) is 5.57 Å². The standard InChI is InChI=1S/C28H24F6N4O3/c1-26(2)24(39)38(19-5-4-18(16-35)22(14-19)27(29,30)31)25(40)37(26)12-3-13-41-20-6-7-21(17-8-10-36-11-9-17)23(15-20)28(32,33)34/h4-8,10,14-15H,3,9,11-13H2,1-2H3. The number of aliphatic imine (C=N–C) groups is 1. The number of hydrogen-bond acceptors (Lipinski definition) is 5. The molecule has 2 aromatic carbocycles. The normalized spacial score (nSPS) is 17.1. The zero-order chi connectivity index (χ0) is 30.2. The van der Waals surface area contributed by atoms with Crippen LogP contribution in [0.1, 0.15) is 48.9 Å². The van der Waals surface area contributed by atoms with Crippen molar-refractivity contribution in [3.05, 3.63) is 64.7 Å². The Morgan fingerprint density at radius 3 is 2.34 bits per heavy atom. The Kier molecular flexibility index (Phi) is 7.89. The Bertz CT molecular complexity index is 1470. The lowest BCUT2D eigenvalue weighted by molar-refractivity contribution is -0.138. The molecule has 0 saturated carbocycles. The highest BCUT2D eigenvalue weighted by molar-refractivity contribution is 6.23. The average Bonchev–Trinajstić information content (AvgIpc) is 3.08. The summed E-state index contributed by atoms with van der Waals surface area (Å²) in [4.78, 5) is 32.0. The third-order valence-electron chi connectivity index (χ3n) is 6.84. The van der Waals surface area contributed by atoms with Crippen molar-refractivity contribution in [2.75, 3.05) is 24.6 Å². The number of nitrogens with zero attached hydrogens (tertiary/aromatic N) is 4. The Balaban J connectivity index is 1.47. The fourth-order valence-corrected chi connectivity index (χ4v) is 4.69. The van der Waals surface area contributed by atoms with Gasteiger partial charge in [-0.25, -0.2) is 9.69 Å². The number of dihydropyridines is 1. The van der Waals surface area contributed by atoms with Crippen molar-refractivity contribution in [2.24, 2.45) is 4.99 Å². The quantitative estimate of drug-likeness (QED) is 0.214. The molecule has 4 rings (SSSR count). The van der Waals surface area contributed by atoms with Crippen LogP contribution in [0.15, 0.2) is 47.5 Å². The van der Waals surface area contributed by atoms with Crippen molar-refractivity contribution in [2.45, 2.75) is 44.6 Å². The number of carbonyl (C=O) groups is 2. The van der Waals surface area contributed by atoms with Crippen LogP contribution in [0.2, 0.25) is 0 Å². The van der Waals surface area contributed by atoms with Gasteiger partial charge in [0, 0.05) is 19.3 Å². The molecule has 7 nitrogen and oxygen atoms in total. The molecule has 3 amide bonds. The van der Waals surface area contributed by atoms with Gasteiger partial charge < -0.3 is 9.64 Å². The van der Waals surface area contributed by atoms with E-state index in [-0.39, 0.29) is 36.6 Å². The van der Waals surface area contributed by atoms with Crippen molar-refractivity contribution in [1.29, 1.82) is 5.26 Å². The molecule has 216 valence electrons. The van der Waals surface area contributed by atoms with E-state index < -0.39 is 46.5 Å². The number of anilines is 1. The van der Waals surface area contributed by atoms with E-state index in [0.29, 0.717) is 29.5 Å². The van der Waals surface area contributed by atoms with Crippen molar-refractivity contribution < 1.29 is 40.7 Å². The van der Waals surface area contributed by atoms with Gasteiger partial charge in [0.15, 0.2) is 0 Å². The predicted octanol–water partition coefficient (Wildman–Crippen LogP) is 6.47. The minimum atomic E-state index is -4.88. The largest absolute Gasteiger partial charge is 0.494 e. The molecule has 0 N–H and O–H groups in total. The smallest absolute Gasteiger partial charge is 0.417 e. The number of nitriles is 1. The monoisotopic (exact) mass is 578 g/mol. The summed E-state index contributed by atoms with van der Waals surface area (Å²) in [6, 6.07) is 6.78. The maximum Gasteiger partial charge on any atom is 0.417 e. The van der Waals surface area contributed by atoms with E-state index in [4.69, 9.17) is 10.00 Å². The number of alkyl halides is 6. The van der Waals surface area contributed by atoms with E-state index >= 15 is 0 Å². The number of imide groups is 1. The van der Waals surface area contributed by atoms with Gasteiger partial charge in [0.05, 0.1) is 35.1 Å². The third kappa shape index (κ3) is 5.91. The highest BCUT2D eigenvalue weighted by Crippen LogP contribution is 2.39. The van der Waals surface area contributed by atoms with Gasteiger partial charge in [0.2, 0.25) is 0 Å². The molecule has 0 spiro atoms. The Labute approximate surface area is 231 Å². The van der Waals surface area contributed by atoms with Crippen molar-refractivity contribution in [1.82, 2.24) is 4.90 Å². The summed E-state index contributed by atoms with van der Waals surface area (Å²) in [6.45, 7) is 3.09. The Morgan fingerprint density at radius 1 is 1.02 bits per heavy atom. The molecule has 0 bridgehead atoms. The number of benzene rings is 2. The zero-order valence-electron chi connectivity index (χ0n) is 21.9. The van der Waals surface area contributed by atoms with Crippen molar-refractivity contribution >= 4 is 29.4 Å². The summed E-state index contributed by atoms with van der Waals surface area (Å²) in [7, 11) is 0. The van der Waals surface area contributed by atoms with Crippen molar-refractivity contribution in [3.8, 4) is 11.8 Å². The van der Waals surface area contributed by atoms with E-state index in [2.05, 4.69) is 4.99 Å². The number of urea groups is 1. The molecule has 2 aromatic rings. The van der Waals surface area contributed by atoms with Crippen molar-refractivity contribution in [3.63, 3.8) is 0 Å². The second-order valence-electron chi connectivity index (χ2n) is 9.88. The molecule has 0 radical (unpaired) electrons. The van der Waals surface area contributed by atoms with Crippen LogP contribution < -0.4 is 9.64 Å². The first kappa shape index (κ1) is 29.6. The summed E-state index contributed by atoms with van der Waals surface area (Å²) >= 11 is 0. The second-order valence-corrected chi connectivity index (χ2v) is 9.88. The molecule has 1 fully saturated rings. The summed E-state index contributed by atoms with van der Waals surface area (Å²) < 4.78 is 87.2.